The molecule has 0 atom stereocenters. The normalized spacial score (nSPS) is 11.6. The number of carbonyl (C=O) groups excluding carboxylic acids is 2. The third kappa shape index (κ3) is 5.52. The van der Waals surface area contributed by atoms with Crippen LogP contribution in [0, 0.1) is 13.8 Å². The number of hydrogen-bond donors (Lipinski definition) is 3. The number of rotatable bonds is 10. The fourth-order valence-electron chi connectivity index (χ4n) is 4.21. The fourth-order valence-corrected chi connectivity index (χ4v) is 4.21. The van der Waals surface area contributed by atoms with Crippen molar-refractivity contribution in [2.75, 3.05) is 32.3 Å². The van der Waals surface area contributed by atoms with Crippen molar-refractivity contribution in [1.29, 1.82) is 0 Å². The van der Waals surface area contributed by atoms with Gasteiger partial charge in [0.05, 0.1) is 43.6 Å². The van der Waals surface area contributed by atoms with E-state index in [0.29, 0.717) is 11.4 Å². The van der Waals surface area contributed by atoms with Gasteiger partial charge in [-0.2, -0.15) is 39.7 Å². The maximum absolute atomic E-state index is 12.1. The Morgan fingerprint density at radius 3 is 1.76 bits per heavy atom. The first kappa shape index (κ1) is 31.1. The van der Waals surface area contributed by atoms with Gasteiger partial charge in [0, 0.05) is 20.2 Å². The number of nitrogens with zero attached hydrogens (tertiary/aromatic N) is 14. The average molecular weight is 633 g/mol. The van der Waals surface area contributed by atoms with Gasteiger partial charge in [-0.05, 0) is 13.8 Å². The highest BCUT2D eigenvalue weighted by Gasteiger charge is 2.22. The van der Waals surface area contributed by atoms with Gasteiger partial charge in [0.15, 0.2) is 52.1 Å². The molecule has 0 saturated carbocycles. The number of aliphatic hydroxyl groups excluding tert-OH is 1. The minimum atomic E-state index is -0.712. The Hall–Kier alpha value is -6.38. The number of aliphatic hydroxyl groups is 1. The lowest BCUT2D eigenvalue weighted by Crippen LogP contribution is -2.10. The van der Waals surface area contributed by atoms with Crippen LogP contribution in [0.3, 0.4) is 0 Å². The molecule has 0 aliphatic heterocycles. The first-order valence-electron chi connectivity index (χ1n) is 13.2. The van der Waals surface area contributed by atoms with Gasteiger partial charge >= 0.3 is 12.0 Å². The molecule has 0 saturated heterocycles. The van der Waals surface area contributed by atoms with E-state index in [9.17, 15) is 14.7 Å². The van der Waals surface area contributed by atoms with E-state index in [1.807, 2.05) is 0 Å². The molecule has 0 unspecified atom stereocenters. The molecule has 5 aromatic rings. The summed E-state index contributed by atoms with van der Waals surface area (Å²) in [6, 6.07) is 1.45. The van der Waals surface area contributed by atoms with Crippen LogP contribution in [-0.2, 0) is 18.8 Å². The van der Waals surface area contributed by atoms with E-state index in [1.165, 1.54) is 51.4 Å². The van der Waals surface area contributed by atoms with Crippen molar-refractivity contribution in [2.45, 2.75) is 13.8 Å². The summed E-state index contributed by atoms with van der Waals surface area (Å²) in [5.74, 6) is -0.435. The standard InChI is InChI=1S/C25H28N16O5/c1-11-18(32-34-22-13(15(43)10-42)8-28-38(22)3)20(26)40(36-11)16-7-17(31-25(30-16)46-6)41-21(27)19(12(2)37-41)33-35-23-14(24(44)45-5)9-29-39(23)4/h7-9,42H,10,26-27H2,1-6H3. The number of nitrogen functional groups attached to an aromatic ring is 2. The molecule has 21 nitrogen and oxygen atoms in total. The molecule has 21 heteroatoms. The highest BCUT2D eigenvalue weighted by molar-refractivity contribution is 6.00. The van der Waals surface area contributed by atoms with Gasteiger partial charge < -0.3 is 26.0 Å². The zero-order valence-corrected chi connectivity index (χ0v) is 25.4. The first-order chi connectivity index (χ1) is 22.0. The monoisotopic (exact) mass is 632 g/mol. The molecule has 5 aromatic heterocycles. The van der Waals surface area contributed by atoms with Crippen molar-refractivity contribution >= 4 is 46.4 Å². The molecule has 0 aromatic carbocycles. The summed E-state index contributed by atoms with van der Waals surface area (Å²) < 4.78 is 15.4. The molecule has 0 bridgehead atoms. The summed E-state index contributed by atoms with van der Waals surface area (Å²) in [4.78, 5) is 32.9. The van der Waals surface area contributed by atoms with Gasteiger partial charge in [-0.1, -0.05) is 0 Å². The lowest BCUT2D eigenvalue weighted by Gasteiger charge is -2.09. The molecule has 0 aliphatic carbocycles. The van der Waals surface area contributed by atoms with E-state index in [-0.39, 0.29) is 63.4 Å². The van der Waals surface area contributed by atoms with Crippen LogP contribution < -0.4 is 16.2 Å². The number of hydrogen-bond acceptors (Lipinski definition) is 17. The van der Waals surface area contributed by atoms with E-state index in [0.717, 1.165) is 0 Å². The molecule has 5 rings (SSSR count). The number of Topliss-reactive ketones (excluding diaryl/α,β-unsaturated/α-hetero) is 1. The minimum absolute atomic E-state index is 0.0568. The van der Waals surface area contributed by atoms with Crippen molar-refractivity contribution in [1.82, 2.24) is 49.1 Å². The Morgan fingerprint density at radius 1 is 0.826 bits per heavy atom. The third-order valence-electron chi connectivity index (χ3n) is 6.58. The molecule has 238 valence electrons. The number of ether oxygens (including phenoxy) is 2. The Bertz CT molecular complexity index is 1890. The van der Waals surface area contributed by atoms with Gasteiger partial charge in [-0.15, -0.1) is 20.5 Å². The highest BCUT2D eigenvalue weighted by atomic mass is 16.5. The molecule has 46 heavy (non-hydrogen) atoms. The summed E-state index contributed by atoms with van der Waals surface area (Å²) in [6.07, 6.45) is 2.60. The van der Waals surface area contributed by atoms with Crippen molar-refractivity contribution in [3.63, 3.8) is 0 Å². The van der Waals surface area contributed by atoms with Crippen LogP contribution in [-0.4, -0.2) is 86.8 Å². The minimum Gasteiger partial charge on any atom is -0.467 e. The molecule has 5 N–H and O–H groups in total. The smallest absolute Gasteiger partial charge is 0.343 e. The van der Waals surface area contributed by atoms with Crippen molar-refractivity contribution in [3.05, 3.63) is 41.0 Å². The molecule has 0 fully saturated rings. The molecule has 5 heterocycles. The zero-order valence-electron chi connectivity index (χ0n) is 25.4. The number of ketones is 1. The number of aromatic nitrogens is 10. The van der Waals surface area contributed by atoms with E-state index in [4.69, 9.17) is 20.9 Å². The van der Waals surface area contributed by atoms with Crippen molar-refractivity contribution < 1.29 is 24.2 Å². The second-order valence-corrected chi connectivity index (χ2v) is 9.52. The zero-order chi connectivity index (χ0) is 33.3. The van der Waals surface area contributed by atoms with E-state index < -0.39 is 18.4 Å². The SMILES string of the molecule is COC(=O)c1cnn(C)c1N=Nc1c(C)nn(-c2cc(-n3nc(C)c(N=Nc4c(C(=O)CO)cnn4C)c3N)nc(OC)n2)c1N. The largest absolute Gasteiger partial charge is 0.467 e. The fraction of sp³-hybridized carbons (Fsp3) is 0.280. The number of azo groups is 2. The number of aryl methyl sites for hydroxylation is 4. The summed E-state index contributed by atoms with van der Waals surface area (Å²) in [5, 5.41) is 42.9. The van der Waals surface area contributed by atoms with Crippen LogP contribution in [0.1, 0.15) is 32.1 Å². The molecule has 0 amide bonds. The van der Waals surface area contributed by atoms with Crippen molar-refractivity contribution in [3.8, 4) is 17.6 Å². The summed E-state index contributed by atoms with van der Waals surface area (Å²) in [6.45, 7) is 2.61. The lowest BCUT2D eigenvalue weighted by atomic mass is 10.2. The van der Waals surface area contributed by atoms with Crippen LogP contribution in [0.5, 0.6) is 6.01 Å². The second kappa shape index (κ2) is 12.3. The number of nitrogens with two attached hydrogens (primary N) is 2. The summed E-state index contributed by atoms with van der Waals surface area (Å²) in [5.41, 5.74) is 14.2. The van der Waals surface area contributed by atoms with Crippen LogP contribution in [0.15, 0.2) is 38.9 Å². The number of esters is 1. The van der Waals surface area contributed by atoms with E-state index in [2.05, 4.69) is 50.8 Å². The van der Waals surface area contributed by atoms with Gasteiger partial charge in [0.25, 0.3) is 0 Å². The molecule has 0 spiro atoms. The number of methoxy groups -OCH3 is 2. The third-order valence-corrected chi connectivity index (χ3v) is 6.58. The number of carbonyl (C=O) groups is 2. The van der Waals surface area contributed by atoms with Crippen LogP contribution in [0.25, 0.3) is 11.6 Å². The average Bonchev–Trinajstić information content (AvgIpc) is 3.77. The summed E-state index contributed by atoms with van der Waals surface area (Å²) in [7, 11) is 5.80. The van der Waals surface area contributed by atoms with Crippen LogP contribution in [0.2, 0.25) is 0 Å². The Morgan fingerprint density at radius 2 is 1.30 bits per heavy atom. The molecular formula is C25H28N16O5. The van der Waals surface area contributed by atoms with E-state index in [1.54, 1.807) is 27.9 Å². The second-order valence-electron chi connectivity index (χ2n) is 9.52. The summed E-state index contributed by atoms with van der Waals surface area (Å²) >= 11 is 0. The predicted octanol–water partition coefficient (Wildman–Crippen LogP) is 1.90. The lowest BCUT2D eigenvalue weighted by molar-refractivity contribution is 0.0601. The Labute approximate surface area is 259 Å². The van der Waals surface area contributed by atoms with Crippen molar-refractivity contribution in [2.24, 2.45) is 34.6 Å². The Kier molecular flexibility index (Phi) is 8.31. The topological polar surface area (TPSA) is 271 Å². The Balaban J connectivity index is 1.53. The molecule has 0 radical (unpaired) electrons. The van der Waals surface area contributed by atoms with Gasteiger partial charge in [0.2, 0.25) is 0 Å². The van der Waals surface area contributed by atoms with Gasteiger partial charge in [0.1, 0.15) is 12.2 Å². The molecule has 0 aliphatic rings. The quantitative estimate of drug-likeness (QED) is 0.113. The number of anilines is 2. The predicted molar refractivity (Wildman–Crippen MR) is 159 cm³/mol. The maximum atomic E-state index is 12.1. The first-order valence-corrected chi connectivity index (χ1v) is 13.2. The van der Waals surface area contributed by atoms with Crippen LogP contribution in [0.4, 0.5) is 34.6 Å². The highest BCUT2D eigenvalue weighted by Crippen LogP contribution is 2.34. The van der Waals surface area contributed by atoms with E-state index >= 15 is 0 Å². The molecular weight excluding hydrogens is 604 g/mol. The van der Waals surface area contributed by atoms with Crippen LogP contribution >= 0.6 is 0 Å². The maximum Gasteiger partial charge on any atom is 0.343 e. The van der Waals surface area contributed by atoms with Gasteiger partial charge in [-0.25, -0.2) is 14.2 Å². The van der Waals surface area contributed by atoms with Gasteiger partial charge in [-0.3, -0.25) is 4.79 Å².